The first kappa shape index (κ1) is 6.22. The van der Waals surface area contributed by atoms with Gasteiger partial charge in [0, 0.05) is 0 Å². The van der Waals surface area contributed by atoms with E-state index in [1.54, 1.807) is 6.92 Å². The highest BCUT2D eigenvalue weighted by Gasteiger charge is 2.13. The van der Waals surface area contributed by atoms with Gasteiger partial charge in [0.1, 0.15) is 0 Å². The molecule has 0 saturated carbocycles. The van der Waals surface area contributed by atoms with E-state index >= 15 is 0 Å². The predicted molar refractivity (Wildman–Crippen MR) is 25.7 cm³/mol. The van der Waals surface area contributed by atoms with Gasteiger partial charge in [0.25, 0.3) is 0 Å². The number of alkyl halides is 2. The maximum atomic E-state index is 11.9. The van der Waals surface area contributed by atoms with Crippen LogP contribution in [0.3, 0.4) is 0 Å². The second kappa shape index (κ2) is 1.78. The van der Waals surface area contributed by atoms with Gasteiger partial charge in [0.05, 0.1) is 0 Å². The van der Waals surface area contributed by atoms with Crippen LogP contribution in [0.4, 0.5) is 4.39 Å². The molecule has 0 bridgehead atoms. The highest BCUT2D eigenvalue weighted by atomic mass is 35.5. The van der Waals surface area contributed by atoms with Crippen LogP contribution >= 0.6 is 11.6 Å². The van der Waals surface area contributed by atoms with Crippen LogP contribution in [0.25, 0.3) is 0 Å². The van der Waals surface area contributed by atoms with Gasteiger partial charge >= 0.3 is 0 Å². The predicted octanol–water partition coefficient (Wildman–Crippen LogP) is 2.32. The third kappa shape index (κ3) is 4.22. The Morgan fingerprint density at radius 2 is 2.00 bits per heavy atom. The first-order valence-corrected chi connectivity index (χ1v) is 2.32. The van der Waals surface area contributed by atoms with Crippen molar-refractivity contribution in [2.75, 3.05) is 0 Å². The summed E-state index contributed by atoms with van der Waals surface area (Å²) in [7, 11) is 0. The van der Waals surface area contributed by atoms with Crippen molar-refractivity contribution >= 4 is 11.6 Å². The van der Waals surface area contributed by atoms with Crippen molar-refractivity contribution in [3.05, 3.63) is 0 Å². The van der Waals surface area contributed by atoms with Crippen LogP contribution < -0.4 is 0 Å². The van der Waals surface area contributed by atoms with Gasteiger partial charge < -0.3 is 0 Å². The molecule has 0 heterocycles. The second-order valence-corrected chi connectivity index (χ2v) is 2.21. The van der Waals surface area contributed by atoms with E-state index in [1.165, 1.54) is 6.92 Å². The Kier molecular flexibility index (Phi) is 1.85. The molecule has 6 heavy (non-hydrogen) atoms. The fourth-order valence-electron chi connectivity index (χ4n) is 0. The van der Waals surface area contributed by atoms with Gasteiger partial charge in [-0.2, -0.15) is 0 Å². The average Bonchev–Trinajstić information content (AvgIpc) is 1.35. The van der Waals surface area contributed by atoms with Gasteiger partial charge in [0.2, 0.25) is 0 Å². The van der Waals surface area contributed by atoms with E-state index in [-0.39, 0.29) is 0 Å². The molecule has 0 aliphatic rings. The lowest BCUT2D eigenvalue weighted by molar-refractivity contribution is 0.297. The summed E-state index contributed by atoms with van der Waals surface area (Å²) in [4.78, 5) is 0. The summed E-state index contributed by atoms with van der Waals surface area (Å²) in [5, 5.41) is -1.49. The molecule has 0 spiro atoms. The lowest BCUT2D eigenvalue weighted by Crippen LogP contribution is -2.03. The fourth-order valence-corrected chi connectivity index (χ4v) is 0. The molecule has 0 radical (unpaired) electrons. The molecule has 0 saturated heterocycles. The van der Waals surface area contributed by atoms with Crippen LogP contribution in [0.5, 0.6) is 0 Å². The van der Waals surface area contributed by atoms with Crippen LogP contribution in [0.2, 0.25) is 0 Å². The summed E-state index contributed by atoms with van der Waals surface area (Å²) in [6, 6.07) is 0. The van der Waals surface area contributed by atoms with Crippen molar-refractivity contribution in [1.29, 1.82) is 0 Å². The van der Waals surface area contributed by atoms with Gasteiger partial charge in [0.15, 0.2) is 5.13 Å². The Morgan fingerprint density at radius 1 is 1.83 bits per heavy atom. The van der Waals surface area contributed by atoms with E-state index in [4.69, 9.17) is 11.6 Å². The van der Waals surface area contributed by atoms with Crippen molar-refractivity contribution in [2.24, 2.45) is 0 Å². The van der Waals surface area contributed by atoms with Crippen molar-refractivity contribution < 1.29 is 4.39 Å². The Balaban J connectivity index is 3.17. The normalized spacial score (nSPS) is 20.0. The largest absolute Gasteiger partial charge is 0.227 e. The summed E-state index contributed by atoms with van der Waals surface area (Å²) < 4.78 is 11.9. The summed E-state index contributed by atoms with van der Waals surface area (Å²) in [6.07, 6.45) is 0.370. The van der Waals surface area contributed by atoms with Crippen LogP contribution in [0.1, 0.15) is 20.3 Å². The Labute approximate surface area is 42.3 Å². The summed E-state index contributed by atoms with van der Waals surface area (Å²) in [5.74, 6) is 0. The highest BCUT2D eigenvalue weighted by molar-refractivity contribution is 6.22. The lowest BCUT2D eigenvalue weighted by Gasteiger charge is -2.03. The summed E-state index contributed by atoms with van der Waals surface area (Å²) in [6.45, 7) is 3.04. The quantitative estimate of drug-likeness (QED) is 0.455. The Hall–Kier alpha value is 0.220. The van der Waals surface area contributed by atoms with Crippen molar-refractivity contribution in [3.8, 4) is 0 Å². The molecule has 38 valence electrons. The van der Waals surface area contributed by atoms with Crippen molar-refractivity contribution in [1.82, 2.24) is 0 Å². The van der Waals surface area contributed by atoms with Crippen LogP contribution in [-0.2, 0) is 0 Å². The van der Waals surface area contributed by atoms with Gasteiger partial charge in [-0.05, 0) is 13.3 Å². The molecule has 0 aromatic heterocycles. The SMILES string of the molecule is CC[C@](C)(F)Cl. The molecule has 0 rings (SSSR count). The van der Waals surface area contributed by atoms with Crippen LogP contribution in [0, 0.1) is 0 Å². The van der Waals surface area contributed by atoms with E-state index in [2.05, 4.69) is 0 Å². The van der Waals surface area contributed by atoms with Crippen LogP contribution in [0.15, 0.2) is 0 Å². The van der Waals surface area contributed by atoms with E-state index < -0.39 is 5.13 Å². The molecule has 0 aromatic carbocycles. The molecule has 0 aromatic rings. The van der Waals surface area contributed by atoms with Gasteiger partial charge in [-0.3, -0.25) is 0 Å². The molecule has 0 aliphatic carbocycles. The number of hydrogen-bond donors (Lipinski definition) is 0. The molecule has 0 aliphatic heterocycles. The van der Waals surface area contributed by atoms with Crippen LogP contribution in [-0.4, -0.2) is 5.13 Å². The average molecular weight is 111 g/mol. The minimum Gasteiger partial charge on any atom is -0.227 e. The smallest absolute Gasteiger partial charge is 0.180 e. The molecule has 0 nitrogen and oxygen atoms in total. The summed E-state index contributed by atoms with van der Waals surface area (Å²) in [5.41, 5.74) is 0. The number of hydrogen-bond acceptors (Lipinski definition) is 0. The van der Waals surface area contributed by atoms with Gasteiger partial charge in [-0.15, -0.1) is 0 Å². The molecular formula is C4H8ClF. The maximum absolute atomic E-state index is 11.9. The zero-order valence-corrected chi connectivity index (χ0v) is 4.72. The molecule has 0 amide bonds. The molecule has 0 unspecified atom stereocenters. The summed E-state index contributed by atoms with van der Waals surface area (Å²) >= 11 is 5.05. The third-order valence-electron chi connectivity index (χ3n) is 0.621. The minimum absolute atomic E-state index is 0.370. The topological polar surface area (TPSA) is 0 Å². The van der Waals surface area contributed by atoms with Crippen molar-refractivity contribution in [2.45, 2.75) is 25.4 Å². The van der Waals surface area contributed by atoms with E-state index in [9.17, 15) is 4.39 Å². The Morgan fingerprint density at radius 3 is 2.00 bits per heavy atom. The van der Waals surface area contributed by atoms with E-state index in [1.807, 2.05) is 0 Å². The number of rotatable bonds is 1. The van der Waals surface area contributed by atoms with Gasteiger partial charge in [-0.1, -0.05) is 18.5 Å². The van der Waals surface area contributed by atoms with E-state index in [0.29, 0.717) is 6.42 Å². The minimum atomic E-state index is -1.49. The van der Waals surface area contributed by atoms with E-state index in [0.717, 1.165) is 0 Å². The Bertz CT molecular complexity index is 37.3. The zero-order valence-electron chi connectivity index (χ0n) is 3.96. The fraction of sp³-hybridized carbons (Fsp3) is 1.00. The monoisotopic (exact) mass is 110 g/mol. The second-order valence-electron chi connectivity index (χ2n) is 1.42. The van der Waals surface area contributed by atoms with Crippen molar-refractivity contribution in [3.63, 3.8) is 0 Å². The standard InChI is InChI=1S/C4H8ClF/c1-3-4(2,5)6/h3H2,1-2H3/t4-/m0/s1. The molecule has 0 fully saturated rings. The first-order chi connectivity index (χ1) is 2.56. The molecule has 2 heteroatoms. The highest BCUT2D eigenvalue weighted by Crippen LogP contribution is 2.18. The first-order valence-electron chi connectivity index (χ1n) is 1.94. The number of halogens is 2. The van der Waals surface area contributed by atoms with Gasteiger partial charge in [-0.25, -0.2) is 4.39 Å². The zero-order chi connectivity index (χ0) is 5.21. The molecular weight excluding hydrogens is 102 g/mol. The molecule has 1 atom stereocenters. The molecule has 0 N–H and O–H groups in total. The third-order valence-corrected chi connectivity index (χ3v) is 0.888. The maximum Gasteiger partial charge on any atom is 0.180 e. The lowest BCUT2D eigenvalue weighted by atomic mass is 10.3.